The molecule has 0 atom stereocenters. The van der Waals surface area contributed by atoms with E-state index in [0.717, 1.165) is 58.7 Å². The van der Waals surface area contributed by atoms with E-state index in [0.29, 0.717) is 40.2 Å². The Morgan fingerprint density at radius 3 is 1.84 bits per heavy atom. The lowest BCUT2D eigenvalue weighted by Gasteiger charge is -2.19. The lowest BCUT2D eigenvalue weighted by Crippen LogP contribution is -2.33. The van der Waals surface area contributed by atoms with E-state index in [-0.39, 0.29) is 17.0 Å². The standard InChI is InChI=1S/C22H22FN3O2S.C19H19FN4O2S/c1-13-10-16(11-14(2)19(13)28-3)20-24-25-22(29-20)26(12-15-8-9-15)21(27)17-6-4-5-7-18(17)23;1-3-4-11-24(18(25)14-7-5-6-8-15(14)20)19-23-22-17(27-19)13-9-10-21-16(12-13)26-2/h4-7,10-11,15H,8-9,12H2,1-3H3;5-10,12H,3-4,11H2,1-2H3. The molecule has 0 bridgehead atoms. The second-order valence-electron chi connectivity index (χ2n) is 13.1. The molecule has 0 spiro atoms. The molecule has 0 unspecified atom stereocenters. The van der Waals surface area contributed by atoms with E-state index in [1.807, 2.05) is 32.9 Å². The largest absolute Gasteiger partial charge is 0.496 e. The summed E-state index contributed by atoms with van der Waals surface area (Å²) in [7, 11) is 3.19. The number of halogens is 2. The SMILES string of the molecule is CCCCN(C(=O)c1ccccc1F)c1nnc(-c2ccnc(OC)c2)s1.COc1c(C)cc(-c2nnc(N(CC3CC3)C(=O)c3ccccc3F)s2)cc1C. The number of carbonyl (C=O) groups excluding carboxylic acids is 2. The van der Waals surface area contributed by atoms with Gasteiger partial charge in [-0.25, -0.2) is 13.8 Å². The highest BCUT2D eigenvalue weighted by Crippen LogP contribution is 2.37. The van der Waals surface area contributed by atoms with E-state index in [1.165, 1.54) is 58.9 Å². The zero-order valence-corrected chi connectivity index (χ0v) is 33.3. The Balaban J connectivity index is 0.000000190. The number of anilines is 2. The maximum absolute atomic E-state index is 14.2. The summed E-state index contributed by atoms with van der Waals surface area (Å²) in [5.41, 5.74) is 3.82. The van der Waals surface area contributed by atoms with Crippen LogP contribution in [0.4, 0.5) is 19.0 Å². The number of pyridine rings is 1. The monoisotopic (exact) mass is 797 g/mol. The molecule has 11 nitrogen and oxygen atoms in total. The number of unbranched alkanes of at least 4 members (excludes halogenated alkanes) is 1. The van der Waals surface area contributed by atoms with Crippen molar-refractivity contribution in [1.29, 1.82) is 0 Å². The molecular weight excluding hydrogens is 757 g/mol. The number of hydrogen-bond acceptors (Lipinski definition) is 11. The molecule has 1 fully saturated rings. The summed E-state index contributed by atoms with van der Waals surface area (Å²) in [5.74, 6) is -0.116. The number of amides is 2. The van der Waals surface area contributed by atoms with Gasteiger partial charge < -0.3 is 9.47 Å². The summed E-state index contributed by atoms with van der Waals surface area (Å²) in [6.45, 7) is 6.97. The predicted molar refractivity (Wildman–Crippen MR) is 215 cm³/mol. The van der Waals surface area contributed by atoms with Crippen molar-refractivity contribution in [3.8, 4) is 32.8 Å². The maximum atomic E-state index is 14.2. The van der Waals surface area contributed by atoms with Crippen LogP contribution in [-0.2, 0) is 0 Å². The summed E-state index contributed by atoms with van der Waals surface area (Å²) < 4.78 is 38.9. The van der Waals surface area contributed by atoms with E-state index in [4.69, 9.17) is 9.47 Å². The van der Waals surface area contributed by atoms with Crippen LogP contribution in [-0.4, -0.2) is 64.5 Å². The molecule has 0 N–H and O–H groups in total. The van der Waals surface area contributed by atoms with Gasteiger partial charge in [-0.05, 0) is 92.6 Å². The average Bonchev–Trinajstić information content (AvgIpc) is 3.66. The maximum Gasteiger partial charge on any atom is 0.263 e. The van der Waals surface area contributed by atoms with E-state index >= 15 is 0 Å². The van der Waals surface area contributed by atoms with Gasteiger partial charge in [0.25, 0.3) is 11.8 Å². The fraction of sp³-hybridized carbons (Fsp3) is 0.293. The summed E-state index contributed by atoms with van der Waals surface area (Å²) in [4.78, 5) is 33.1. The first-order chi connectivity index (χ1) is 27.1. The average molecular weight is 798 g/mol. The minimum absolute atomic E-state index is 0.0240. The topological polar surface area (TPSA) is 124 Å². The van der Waals surface area contributed by atoms with Crippen molar-refractivity contribution in [2.24, 2.45) is 5.92 Å². The van der Waals surface area contributed by atoms with Gasteiger partial charge in [0.15, 0.2) is 0 Å². The quantitative estimate of drug-likeness (QED) is 0.113. The van der Waals surface area contributed by atoms with E-state index in [2.05, 4.69) is 25.4 Å². The third-order valence-electron chi connectivity index (χ3n) is 8.96. The summed E-state index contributed by atoms with van der Waals surface area (Å²) in [6, 6.07) is 19.6. The molecule has 3 heterocycles. The Morgan fingerprint density at radius 1 is 0.750 bits per heavy atom. The van der Waals surface area contributed by atoms with Gasteiger partial charge in [-0.1, -0.05) is 60.3 Å². The number of rotatable bonds is 13. The molecule has 0 saturated heterocycles. The number of aromatic nitrogens is 5. The van der Waals surface area contributed by atoms with E-state index < -0.39 is 17.5 Å². The molecule has 56 heavy (non-hydrogen) atoms. The zero-order chi connectivity index (χ0) is 39.8. The van der Waals surface area contributed by atoms with Crippen LogP contribution >= 0.6 is 22.7 Å². The second kappa shape index (κ2) is 18.3. The normalized spacial score (nSPS) is 12.1. The van der Waals surface area contributed by atoms with Crippen molar-refractivity contribution in [2.45, 2.75) is 46.5 Å². The highest BCUT2D eigenvalue weighted by atomic mass is 32.1. The van der Waals surface area contributed by atoms with Gasteiger partial charge in [0, 0.05) is 36.5 Å². The summed E-state index contributed by atoms with van der Waals surface area (Å²) in [5, 5.41) is 19.2. The molecule has 0 radical (unpaired) electrons. The van der Waals surface area contributed by atoms with Crippen LogP contribution in [0.1, 0.15) is 64.4 Å². The molecule has 290 valence electrons. The van der Waals surface area contributed by atoms with Gasteiger partial charge in [-0.15, -0.1) is 20.4 Å². The Labute approximate surface area is 332 Å². The molecule has 1 aliphatic carbocycles. The Bertz CT molecular complexity index is 2290. The lowest BCUT2D eigenvalue weighted by atomic mass is 10.1. The second-order valence-corrected chi connectivity index (χ2v) is 15.1. The Kier molecular flexibility index (Phi) is 13.1. The van der Waals surface area contributed by atoms with Crippen LogP contribution in [0, 0.1) is 31.4 Å². The van der Waals surface area contributed by atoms with Crippen LogP contribution in [0.5, 0.6) is 11.6 Å². The number of carbonyl (C=O) groups is 2. The minimum Gasteiger partial charge on any atom is -0.496 e. The molecule has 3 aromatic heterocycles. The number of benzene rings is 3. The van der Waals surface area contributed by atoms with Crippen molar-refractivity contribution in [3.63, 3.8) is 0 Å². The number of hydrogen-bond donors (Lipinski definition) is 0. The predicted octanol–water partition coefficient (Wildman–Crippen LogP) is 9.22. The molecular formula is C41H41F2N7O4S2. The summed E-state index contributed by atoms with van der Waals surface area (Å²) in [6.07, 6.45) is 5.44. The molecule has 3 aromatic carbocycles. The first-order valence-corrected chi connectivity index (χ1v) is 19.7. The van der Waals surface area contributed by atoms with Crippen molar-refractivity contribution in [2.75, 3.05) is 37.1 Å². The first-order valence-electron chi connectivity index (χ1n) is 18.1. The highest BCUT2D eigenvalue weighted by Gasteiger charge is 2.31. The molecule has 15 heteroatoms. The van der Waals surface area contributed by atoms with E-state index in [9.17, 15) is 18.4 Å². The van der Waals surface area contributed by atoms with Gasteiger partial charge in [0.2, 0.25) is 16.1 Å². The van der Waals surface area contributed by atoms with Crippen LogP contribution in [0.15, 0.2) is 79.0 Å². The Morgan fingerprint density at radius 2 is 1.30 bits per heavy atom. The fourth-order valence-corrected chi connectivity index (χ4v) is 7.60. The highest BCUT2D eigenvalue weighted by molar-refractivity contribution is 7.19. The zero-order valence-electron chi connectivity index (χ0n) is 31.7. The fourth-order valence-electron chi connectivity index (χ4n) is 5.90. The number of ether oxygens (including phenoxy) is 2. The van der Waals surface area contributed by atoms with Gasteiger partial charge in [-0.2, -0.15) is 0 Å². The van der Waals surface area contributed by atoms with Crippen LogP contribution < -0.4 is 19.3 Å². The number of aryl methyl sites for hydroxylation is 2. The van der Waals surface area contributed by atoms with Gasteiger partial charge >= 0.3 is 0 Å². The molecule has 1 aliphatic rings. The smallest absolute Gasteiger partial charge is 0.263 e. The molecule has 1 saturated carbocycles. The lowest BCUT2D eigenvalue weighted by molar-refractivity contribution is 0.0974. The van der Waals surface area contributed by atoms with Gasteiger partial charge in [-0.3, -0.25) is 19.4 Å². The van der Waals surface area contributed by atoms with Crippen molar-refractivity contribution in [3.05, 3.63) is 113 Å². The third-order valence-corrected chi connectivity index (χ3v) is 11.0. The van der Waals surface area contributed by atoms with Crippen molar-refractivity contribution >= 4 is 44.8 Å². The van der Waals surface area contributed by atoms with Crippen molar-refractivity contribution in [1.82, 2.24) is 25.4 Å². The number of nitrogens with zero attached hydrogens (tertiary/aromatic N) is 7. The van der Waals surface area contributed by atoms with Gasteiger partial charge in [0.1, 0.15) is 27.4 Å². The van der Waals surface area contributed by atoms with Crippen molar-refractivity contribution < 1.29 is 27.8 Å². The first kappa shape index (κ1) is 40.0. The molecule has 2 amide bonds. The molecule has 0 aliphatic heterocycles. The number of methoxy groups -OCH3 is 2. The van der Waals surface area contributed by atoms with Crippen LogP contribution in [0.2, 0.25) is 0 Å². The minimum atomic E-state index is -0.549. The molecule has 6 aromatic rings. The van der Waals surface area contributed by atoms with Crippen LogP contribution in [0.25, 0.3) is 21.1 Å². The van der Waals surface area contributed by atoms with E-state index in [1.54, 1.807) is 54.6 Å². The third kappa shape index (κ3) is 9.40. The Hall–Kier alpha value is -5.67. The van der Waals surface area contributed by atoms with Gasteiger partial charge in [0.05, 0.1) is 25.3 Å². The summed E-state index contributed by atoms with van der Waals surface area (Å²) >= 11 is 2.61. The molecule has 7 rings (SSSR count). The van der Waals surface area contributed by atoms with Crippen LogP contribution in [0.3, 0.4) is 0 Å².